The Labute approximate surface area is 130 Å². The molecule has 0 bridgehead atoms. The van der Waals surface area contributed by atoms with Crippen molar-refractivity contribution in [2.24, 2.45) is 7.05 Å². The topological polar surface area (TPSA) is 43.0 Å². The molecule has 4 nitrogen and oxygen atoms in total. The lowest BCUT2D eigenvalue weighted by atomic mass is 9.94. The van der Waals surface area contributed by atoms with Crippen molar-refractivity contribution >= 4 is 11.8 Å². The van der Waals surface area contributed by atoms with Crippen LogP contribution in [0.1, 0.15) is 43.3 Å². The first-order valence-corrected chi connectivity index (χ1v) is 8.86. The molecule has 2 heterocycles. The Balaban J connectivity index is 1.74. The Kier molecular flexibility index (Phi) is 4.70. The van der Waals surface area contributed by atoms with E-state index in [1.54, 1.807) is 6.26 Å². The van der Waals surface area contributed by atoms with Crippen LogP contribution in [-0.4, -0.2) is 27.1 Å². The molecule has 1 aliphatic rings. The van der Waals surface area contributed by atoms with Gasteiger partial charge in [-0.15, -0.1) is 0 Å². The molecule has 1 aliphatic carbocycles. The Bertz CT molecular complexity index is 544. The predicted molar refractivity (Wildman–Crippen MR) is 86.5 cm³/mol. The van der Waals surface area contributed by atoms with Gasteiger partial charge in [-0.2, -0.15) is 11.8 Å². The smallest absolute Gasteiger partial charge is 0.133 e. The molecule has 0 saturated heterocycles. The van der Waals surface area contributed by atoms with Crippen molar-refractivity contribution in [2.45, 2.75) is 43.0 Å². The summed E-state index contributed by atoms with van der Waals surface area (Å²) in [5.74, 6) is 1.95. The van der Waals surface area contributed by atoms with E-state index in [0.717, 1.165) is 16.8 Å². The second-order valence-electron chi connectivity index (χ2n) is 5.72. The van der Waals surface area contributed by atoms with Crippen LogP contribution in [0.3, 0.4) is 0 Å². The van der Waals surface area contributed by atoms with E-state index >= 15 is 0 Å². The summed E-state index contributed by atoms with van der Waals surface area (Å²) in [6.45, 7) is 0. The van der Waals surface area contributed by atoms with Crippen LogP contribution in [-0.2, 0) is 7.05 Å². The van der Waals surface area contributed by atoms with Gasteiger partial charge < -0.3 is 8.98 Å². The van der Waals surface area contributed by atoms with E-state index in [0.29, 0.717) is 6.04 Å². The molecule has 5 heteroatoms. The Hall–Kier alpha value is -1.20. The van der Waals surface area contributed by atoms with Crippen LogP contribution in [0.5, 0.6) is 0 Å². The minimum absolute atomic E-state index is 0.0378. The van der Waals surface area contributed by atoms with Crippen molar-refractivity contribution in [3.05, 3.63) is 42.4 Å². The fourth-order valence-corrected chi connectivity index (χ4v) is 3.84. The molecule has 0 radical (unpaired) electrons. The zero-order chi connectivity index (χ0) is 14.7. The Morgan fingerprint density at radius 2 is 2.19 bits per heavy atom. The lowest BCUT2D eigenvalue weighted by Gasteiger charge is -2.30. The minimum atomic E-state index is 0.0378. The highest BCUT2D eigenvalue weighted by Gasteiger charge is 2.27. The molecule has 1 saturated carbocycles. The van der Waals surface area contributed by atoms with Crippen molar-refractivity contribution < 1.29 is 4.42 Å². The van der Waals surface area contributed by atoms with Crippen molar-refractivity contribution in [2.75, 3.05) is 6.26 Å². The van der Waals surface area contributed by atoms with Gasteiger partial charge in [0.15, 0.2) is 0 Å². The Morgan fingerprint density at radius 1 is 1.38 bits per heavy atom. The first kappa shape index (κ1) is 14.7. The third-order valence-electron chi connectivity index (χ3n) is 4.35. The van der Waals surface area contributed by atoms with Crippen LogP contribution in [0.4, 0.5) is 0 Å². The summed E-state index contributed by atoms with van der Waals surface area (Å²) in [6, 6.07) is 4.55. The molecule has 0 spiro atoms. The third kappa shape index (κ3) is 3.35. The van der Waals surface area contributed by atoms with Gasteiger partial charge in [-0.25, -0.2) is 4.98 Å². The zero-order valence-electron chi connectivity index (χ0n) is 12.7. The number of aryl methyl sites for hydroxylation is 1. The highest BCUT2D eigenvalue weighted by Crippen LogP contribution is 2.29. The summed E-state index contributed by atoms with van der Waals surface area (Å²) in [7, 11) is 2.03. The van der Waals surface area contributed by atoms with Crippen LogP contribution < -0.4 is 5.32 Å². The highest BCUT2D eigenvalue weighted by atomic mass is 32.2. The van der Waals surface area contributed by atoms with Gasteiger partial charge in [0.25, 0.3) is 0 Å². The van der Waals surface area contributed by atoms with E-state index in [2.05, 4.69) is 21.1 Å². The van der Waals surface area contributed by atoms with Gasteiger partial charge in [-0.05, 0) is 44.1 Å². The minimum Gasteiger partial charge on any atom is -0.467 e. The van der Waals surface area contributed by atoms with E-state index in [1.807, 2.05) is 43.3 Å². The summed E-state index contributed by atoms with van der Waals surface area (Å²) in [6.07, 6.45) is 12.8. The van der Waals surface area contributed by atoms with Crippen LogP contribution in [0.15, 0.2) is 35.2 Å². The van der Waals surface area contributed by atoms with Crippen LogP contribution in [0.2, 0.25) is 0 Å². The standard InChI is InChI=1S/C16H23N3OS/c1-19-10-9-17-16(19)15(14-4-3-11-20-14)18-12-5-7-13(21-2)8-6-12/h3-4,9-13,15,18H,5-8H2,1-2H3. The van der Waals surface area contributed by atoms with E-state index in [1.165, 1.54) is 25.7 Å². The summed E-state index contributed by atoms with van der Waals surface area (Å²) < 4.78 is 7.70. The maximum Gasteiger partial charge on any atom is 0.133 e. The molecule has 0 aromatic carbocycles. The SMILES string of the molecule is CSC1CCC(NC(c2ccco2)c2nccn2C)CC1. The molecule has 2 aromatic heterocycles. The molecule has 2 aromatic rings. The fraction of sp³-hybridized carbons (Fsp3) is 0.562. The normalized spacial score (nSPS) is 24.1. The predicted octanol–water partition coefficient (Wildman–Crippen LogP) is 3.37. The molecule has 1 atom stereocenters. The monoisotopic (exact) mass is 305 g/mol. The molecule has 3 rings (SSSR count). The molecule has 1 fully saturated rings. The van der Waals surface area contributed by atoms with Gasteiger partial charge in [0, 0.05) is 30.7 Å². The number of nitrogens with zero attached hydrogens (tertiary/aromatic N) is 2. The summed E-state index contributed by atoms with van der Waals surface area (Å²) in [4.78, 5) is 4.51. The summed E-state index contributed by atoms with van der Waals surface area (Å²) in [5.41, 5.74) is 0. The highest BCUT2D eigenvalue weighted by molar-refractivity contribution is 7.99. The summed E-state index contributed by atoms with van der Waals surface area (Å²) >= 11 is 2.00. The van der Waals surface area contributed by atoms with E-state index in [4.69, 9.17) is 4.42 Å². The molecular weight excluding hydrogens is 282 g/mol. The quantitative estimate of drug-likeness (QED) is 0.920. The van der Waals surface area contributed by atoms with Crippen molar-refractivity contribution in [3.63, 3.8) is 0 Å². The fourth-order valence-electron chi connectivity index (χ4n) is 3.10. The molecule has 1 unspecified atom stereocenters. The number of nitrogens with one attached hydrogen (secondary N) is 1. The number of furan rings is 1. The second kappa shape index (κ2) is 6.71. The second-order valence-corrected chi connectivity index (χ2v) is 6.86. The lowest BCUT2D eigenvalue weighted by molar-refractivity contribution is 0.329. The van der Waals surface area contributed by atoms with Crippen molar-refractivity contribution in [3.8, 4) is 0 Å². The first-order chi connectivity index (χ1) is 10.3. The molecule has 114 valence electrons. The molecule has 1 N–H and O–H groups in total. The average molecular weight is 305 g/mol. The number of aromatic nitrogens is 2. The van der Waals surface area contributed by atoms with Crippen LogP contribution >= 0.6 is 11.8 Å². The number of hydrogen-bond acceptors (Lipinski definition) is 4. The Morgan fingerprint density at radius 3 is 2.76 bits per heavy atom. The van der Waals surface area contributed by atoms with E-state index in [-0.39, 0.29) is 6.04 Å². The van der Waals surface area contributed by atoms with Gasteiger partial charge in [-0.1, -0.05) is 0 Å². The van der Waals surface area contributed by atoms with Gasteiger partial charge in [0.1, 0.15) is 17.6 Å². The molecular formula is C16H23N3OS. The van der Waals surface area contributed by atoms with Crippen molar-refractivity contribution in [1.82, 2.24) is 14.9 Å². The zero-order valence-corrected chi connectivity index (χ0v) is 13.5. The maximum absolute atomic E-state index is 5.64. The van der Waals surface area contributed by atoms with Gasteiger partial charge in [0.05, 0.1) is 6.26 Å². The van der Waals surface area contributed by atoms with E-state index in [9.17, 15) is 0 Å². The first-order valence-electron chi connectivity index (χ1n) is 7.57. The lowest BCUT2D eigenvalue weighted by Crippen LogP contribution is -2.37. The number of rotatable bonds is 5. The van der Waals surface area contributed by atoms with Gasteiger partial charge in [0.2, 0.25) is 0 Å². The van der Waals surface area contributed by atoms with Gasteiger partial charge in [-0.3, -0.25) is 5.32 Å². The van der Waals surface area contributed by atoms with Gasteiger partial charge >= 0.3 is 0 Å². The summed E-state index contributed by atoms with van der Waals surface area (Å²) in [5, 5.41) is 4.59. The van der Waals surface area contributed by atoms with E-state index < -0.39 is 0 Å². The number of thioether (sulfide) groups is 1. The van der Waals surface area contributed by atoms with Crippen LogP contribution in [0.25, 0.3) is 0 Å². The largest absolute Gasteiger partial charge is 0.467 e. The number of imidazole rings is 1. The average Bonchev–Trinajstić information content (AvgIpc) is 3.17. The molecule has 21 heavy (non-hydrogen) atoms. The van der Waals surface area contributed by atoms with Crippen LogP contribution in [0, 0.1) is 0 Å². The molecule has 0 amide bonds. The maximum atomic E-state index is 5.64. The third-order valence-corrected chi connectivity index (χ3v) is 5.49. The number of hydrogen-bond donors (Lipinski definition) is 1. The van der Waals surface area contributed by atoms with Crippen molar-refractivity contribution in [1.29, 1.82) is 0 Å². The molecule has 0 aliphatic heterocycles.